The molecule has 1 aliphatic heterocycles. The van der Waals surface area contributed by atoms with Crippen molar-refractivity contribution >= 4 is 11.6 Å². The third kappa shape index (κ3) is 6.58. The number of likely N-dealkylation sites (tertiary alicyclic amines) is 1. The number of ether oxygens (including phenoxy) is 2. The number of anilines is 1. The number of nitrogens with zero attached hydrogens (tertiary/aromatic N) is 1. The third-order valence-electron chi connectivity index (χ3n) is 5.32. The van der Waals surface area contributed by atoms with E-state index in [1.807, 2.05) is 37.3 Å². The van der Waals surface area contributed by atoms with Crippen LogP contribution in [0.3, 0.4) is 0 Å². The van der Waals surface area contributed by atoms with Crippen LogP contribution in [-0.4, -0.2) is 43.7 Å². The average molecular weight is 397 g/mol. The first-order valence-corrected chi connectivity index (χ1v) is 10.6. The number of piperidine rings is 1. The van der Waals surface area contributed by atoms with Crippen LogP contribution in [0.2, 0.25) is 0 Å². The first-order chi connectivity index (χ1) is 14.2. The number of rotatable bonds is 9. The van der Waals surface area contributed by atoms with E-state index in [4.69, 9.17) is 9.47 Å². The highest BCUT2D eigenvalue weighted by Gasteiger charge is 2.16. The second-order valence-corrected chi connectivity index (χ2v) is 7.65. The number of nitrogens with one attached hydrogen (secondary N) is 1. The van der Waals surface area contributed by atoms with Crippen LogP contribution in [0.25, 0.3) is 0 Å². The molecular formula is C24H32N2O3. The molecule has 5 nitrogen and oxygen atoms in total. The summed E-state index contributed by atoms with van der Waals surface area (Å²) in [6.07, 6.45) is 2.56. The molecule has 1 aliphatic rings. The first-order valence-electron chi connectivity index (χ1n) is 10.6. The third-order valence-corrected chi connectivity index (χ3v) is 5.32. The Hall–Kier alpha value is -2.37. The maximum atomic E-state index is 12.7. The van der Waals surface area contributed by atoms with Gasteiger partial charge in [0.15, 0.2) is 0 Å². The Bertz CT molecular complexity index is 768. The van der Waals surface area contributed by atoms with Gasteiger partial charge in [0.05, 0.1) is 12.2 Å². The number of hydrogen-bond donors (Lipinski definition) is 1. The summed E-state index contributed by atoms with van der Waals surface area (Å²) in [5, 5.41) is 2.97. The summed E-state index contributed by atoms with van der Waals surface area (Å²) in [5.41, 5.74) is 2.59. The molecule has 156 valence electrons. The molecule has 1 saturated heterocycles. The monoisotopic (exact) mass is 396 g/mol. The smallest absolute Gasteiger partial charge is 0.259 e. The van der Waals surface area contributed by atoms with E-state index in [0.29, 0.717) is 31.1 Å². The van der Waals surface area contributed by atoms with Gasteiger partial charge in [0.2, 0.25) is 0 Å². The highest BCUT2D eigenvalue weighted by molar-refractivity contribution is 6.06. The lowest BCUT2D eigenvalue weighted by molar-refractivity contribution is 0.0998. The van der Waals surface area contributed by atoms with Gasteiger partial charge in [-0.15, -0.1) is 0 Å². The van der Waals surface area contributed by atoms with Gasteiger partial charge in [0.25, 0.3) is 5.91 Å². The number of benzene rings is 2. The lowest BCUT2D eigenvalue weighted by Gasteiger charge is -2.30. The SMILES string of the molecule is CCOCCOc1ccccc1C(=O)Nc1ccc(CN2CCC(C)CC2)cc1. The standard InChI is InChI=1S/C24H32N2O3/c1-3-28-16-17-29-23-7-5-4-6-22(23)24(27)25-21-10-8-20(9-11-21)18-26-14-12-19(2)13-15-26/h4-11,19H,3,12-18H2,1-2H3,(H,25,27). The van der Waals surface area contributed by atoms with Crippen molar-refractivity contribution in [1.29, 1.82) is 0 Å². The Labute approximate surface area is 174 Å². The second kappa shape index (κ2) is 11.0. The van der Waals surface area contributed by atoms with Crippen molar-refractivity contribution in [2.24, 2.45) is 5.92 Å². The molecule has 1 heterocycles. The molecule has 3 rings (SSSR count). The van der Waals surface area contributed by atoms with Crippen molar-refractivity contribution in [3.05, 3.63) is 59.7 Å². The molecule has 0 bridgehead atoms. The average Bonchev–Trinajstić information content (AvgIpc) is 2.74. The summed E-state index contributed by atoms with van der Waals surface area (Å²) in [7, 11) is 0. The van der Waals surface area contributed by atoms with Crippen LogP contribution in [0.1, 0.15) is 42.6 Å². The fourth-order valence-corrected chi connectivity index (χ4v) is 3.51. The van der Waals surface area contributed by atoms with Crippen molar-refractivity contribution in [2.75, 3.05) is 38.2 Å². The summed E-state index contributed by atoms with van der Waals surface area (Å²) >= 11 is 0. The normalized spacial score (nSPS) is 15.2. The molecule has 1 amide bonds. The Kier molecular flexibility index (Phi) is 8.08. The zero-order valence-electron chi connectivity index (χ0n) is 17.5. The van der Waals surface area contributed by atoms with Gasteiger partial charge in [0.1, 0.15) is 12.4 Å². The fourth-order valence-electron chi connectivity index (χ4n) is 3.51. The molecule has 1 N–H and O–H groups in total. The van der Waals surface area contributed by atoms with E-state index >= 15 is 0 Å². The van der Waals surface area contributed by atoms with Gasteiger partial charge in [-0.2, -0.15) is 0 Å². The van der Waals surface area contributed by atoms with E-state index in [2.05, 4.69) is 29.3 Å². The van der Waals surface area contributed by atoms with E-state index in [0.717, 1.165) is 18.2 Å². The fraction of sp³-hybridized carbons (Fsp3) is 0.458. The van der Waals surface area contributed by atoms with Crippen molar-refractivity contribution in [3.63, 3.8) is 0 Å². The molecule has 29 heavy (non-hydrogen) atoms. The van der Waals surface area contributed by atoms with Gasteiger partial charge in [-0.25, -0.2) is 0 Å². The van der Waals surface area contributed by atoms with Crippen LogP contribution >= 0.6 is 0 Å². The van der Waals surface area contributed by atoms with Crippen molar-refractivity contribution in [3.8, 4) is 5.75 Å². The lowest BCUT2D eigenvalue weighted by atomic mass is 9.99. The van der Waals surface area contributed by atoms with Crippen molar-refractivity contribution in [1.82, 2.24) is 4.90 Å². The predicted octanol–water partition coefficient (Wildman–Crippen LogP) is 4.59. The van der Waals surface area contributed by atoms with Gasteiger partial charge >= 0.3 is 0 Å². The minimum atomic E-state index is -0.172. The summed E-state index contributed by atoms with van der Waals surface area (Å²) in [4.78, 5) is 15.2. The molecule has 5 heteroatoms. The van der Waals surface area contributed by atoms with Gasteiger partial charge in [-0.05, 0) is 68.6 Å². The van der Waals surface area contributed by atoms with Crippen LogP contribution in [0.15, 0.2) is 48.5 Å². The Morgan fingerprint density at radius 1 is 1.07 bits per heavy atom. The van der Waals surface area contributed by atoms with E-state index < -0.39 is 0 Å². The van der Waals surface area contributed by atoms with Gasteiger partial charge < -0.3 is 14.8 Å². The van der Waals surface area contributed by atoms with Gasteiger partial charge in [-0.3, -0.25) is 9.69 Å². The van der Waals surface area contributed by atoms with Crippen molar-refractivity contribution in [2.45, 2.75) is 33.2 Å². The maximum Gasteiger partial charge on any atom is 0.259 e. The molecule has 0 unspecified atom stereocenters. The Morgan fingerprint density at radius 3 is 2.52 bits per heavy atom. The van der Waals surface area contributed by atoms with Gasteiger partial charge in [-0.1, -0.05) is 31.2 Å². The van der Waals surface area contributed by atoms with Gasteiger partial charge in [0, 0.05) is 18.8 Å². The molecular weight excluding hydrogens is 364 g/mol. The molecule has 0 saturated carbocycles. The van der Waals surface area contributed by atoms with E-state index in [-0.39, 0.29) is 5.91 Å². The molecule has 2 aromatic rings. The molecule has 2 aromatic carbocycles. The quantitative estimate of drug-likeness (QED) is 0.630. The molecule has 0 spiro atoms. The zero-order chi connectivity index (χ0) is 20.5. The van der Waals surface area contributed by atoms with Crippen LogP contribution in [-0.2, 0) is 11.3 Å². The molecule has 0 aromatic heterocycles. The van der Waals surface area contributed by atoms with E-state index in [1.54, 1.807) is 6.07 Å². The van der Waals surface area contributed by atoms with Crippen LogP contribution in [0.4, 0.5) is 5.69 Å². The van der Waals surface area contributed by atoms with Crippen LogP contribution < -0.4 is 10.1 Å². The largest absolute Gasteiger partial charge is 0.490 e. The summed E-state index contributed by atoms with van der Waals surface area (Å²) in [6.45, 7) is 9.15. The van der Waals surface area contributed by atoms with Crippen LogP contribution in [0, 0.1) is 5.92 Å². The number of hydrogen-bond acceptors (Lipinski definition) is 4. The first kappa shape index (κ1) is 21.3. The summed E-state index contributed by atoms with van der Waals surface area (Å²) in [5.74, 6) is 1.24. The molecule has 0 radical (unpaired) electrons. The molecule has 1 fully saturated rings. The highest BCUT2D eigenvalue weighted by Crippen LogP contribution is 2.21. The summed E-state index contributed by atoms with van der Waals surface area (Å²) in [6, 6.07) is 15.4. The maximum absolute atomic E-state index is 12.7. The zero-order valence-corrected chi connectivity index (χ0v) is 17.5. The predicted molar refractivity (Wildman–Crippen MR) is 117 cm³/mol. The Balaban J connectivity index is 1.55. The van der Waals surface area contributed by atoms with E-state index in [1.165, 1.54) is 31.5 Å². The highest BCUT2D eigenvalue weighted by atomic mass is 16.5. The topological polar surface area (TPSA) is 50.8 Å². The van der Waals surface area contributed by atoms with E-state index in [9.17, 15) is 4.79 Å². The van der Waals surface area contributed by atoms with Crippen LogP contribution in [0.5, 0.6) is 5.75 Å². The van der Waals surface area contributed by atoms with Crippen molar-refractivity contribution < 1.29 is 14.3 Å². The lowest BCUT2D eigenvalue weighted by Crippen LogP contribution is -2.32. The molecule has 0 atom stereocenters. The number of carbonyl (C=O) groups is 1. The second-order valence-electron chi connectivity index (χ2n) is 7.65. The minimum Gasteiger partial charge on any atom is -0.490 e. The molecule has 0 aliphatic carbocycles. The Morgan fingerprint density at radius 2 is 1.79 bits per heavy atom. The minimum absolute atomic E-state index is 0.172. The number of carbonyl (C=O) groups excluding carboxylic acids is 1. The number of para-hydroxylation sites is 1. The summed E-state index contributed by atoms with van der Waals surface area (Å²) < 4.78 is 11.0. The number of amides is 1.